The summed E-state index contributed by atoms with van der Waals surface area (Å²) in [6, 6.07) is 12.7. The molecule has 0 aromatic heterocycles. The number of amides is 1. The molecule has 0 N–H and O–H groups in total. The number of rotatable bonds is 4. The van der Waals surface area contributed by atoms with Crippen LogP contribution in [-0.2, 0) is 4.79 Å². The Balaban J connectivity index is 1.97. The molecule has 0 saturated carbocycles. The quantitative estimate of drug-likeness (QED) is 0.719. The monoisotopic (exact) mass is 388 g/mol. The van der Waals surface area contributed by atoms with Gasteiger partial charge in [-0.05, 0) is 48.2 Å². The van der Waals surface area contributed by atoms with Crippen LogP contribution >= 0.6 is 23.4 Å². The number of hydrogen-bond donors (Lipinski definition) is 0. The van der Waals surface area contributed by atoms with Crippen LogP contribution in [0.4, 0.5) is 5.69 Å². The number of hydrogen-bond acceptors (Lipinski definition) is 5. The lowest BCUT2D eigenvalue weighted by molar-refractivity contribution is -0.121. The van der Waals surface area contributed by atoms with Crippen molar-refractivity contribution in [2.24, 2.45) is 4.99 Å². The maximum absolute atomic E-state index is 12.6. The zero-order chi connectivity index (χ0) is 18.7. The molecular weight excluding hydrogens is 372 g/mol. The van der Waals surface area contributed by atoms with Crippen LogP contribution in [0.5, 0.6) is 11.5 Å². The number of ether oxygens (including phenoxy) is 2. The van der Waals surface area contributed by atoms with Gasteiger partial charge in [0.15, 0.2) is 5.17 Å². The fourth-order valence-electron chi connectivity index (χ4n) is 2.39. The molecular formula is C19H17ClN2O3S. The fourth-order valence-corrected chi connectivity index (χ4v) is 3.54. The van der Waals surface area contributed by atoms with Crippen molar-refractivity contribution in [2.75, 3.05) is 21.3 Å². The van der Waals surface area contributed by atoms with E-state index in [1.807, 2.05) is 18.2 Å². The van der Waals surface area contributed by atoms with Crippen LogP contribution in [0.3, 0.4) is 0 Å². The van der Waals surface area contributed by atoms with Gasteiger partial charge >= 0.3 is 0 Å². The standard InChI is InChI=1S/C19H17ClN2O3S/c1-22-18(23)17(11-12-10-13(24-2)8-9-16(12)25-3)26-19(22)21-15-7-5-4-6-14(15)20/h4-11H,1-3H3/b17-11+,21-19?. The van der Waals surface area contributed by atoms with Gasteiger partial charge in [-0.15, -0.1) is 0 Å². The summed E-state index contributed by atoms with van der Waals surface area (Å²) >= 11 is 7.45. The lowest BCUT2D eigenvalue weighted by Gasteiger charge is -2.08. The zero-order valence-corrected chi connectivity index (χ0v) is 16.1. The number of thioether (sulfide) groups is 1. The molecule has 1 aliphatic rings. The Hall–Kier alpha value is -2.44. The summed E-state index contributed by atoms with van der Waals surface area (Å²) in [7, 11) is 4.87. The number of halogens is 1. The maximum atomic E-state index is 12.6. The van der Waals surface area contributed by atoms with E-state index in [9.17, 15) is 4.79 Å². The molecule has 1 saturated heterocycles. The number of benzene rings is 2. The first-order chi connectivity index (χ1) is 12.5. The Morgan fingerprint density at radius 2 is 1.92 bits per heavy atom. The van der Waals surface area contributed by atoms with Gasteiger partial charge in [0.05, 0.1) is 29.8 Å². The second kappa shape index (κ2) is 7.85. The molecule has 0 aliphatic carbocycles. The van der Waals surface area contributed by atoms with Gasteiger partial charge in [-0.1, -0.05) is 23.7 Å². The molecule has 0 unspecified atom stereocenters. The van der Waals surface area contributed by atoms with E-state index in [0.717, 1.165) is 5.56 Å². The summed E-state index contributed by atoms with van der Waals surface area (Å²) < 4.78 is 10.6. The number of aliphatic imine (C=N–C) groups is 1. The van der Waals surface area contributed by atoms with E-state index in [1.54, 1.807) is 51.6 Å². The summed E-state index contributed by atoms with van der Waals surface area (Å²) in [4.78, 5) is 19.2. The molecule has 2 aromatic rings. The highest BCUT2D eigenvalue weighted by atomic mass is 35.5. The van der Waals surface area contributed by atoms with Gasteiger partial charge in [-0.3, -0.25) is 9.69 Å². The molecule has 1 aliphatic heterocycles. The topological polar surface area (TPSA) is 51.1 Å². The molecule has 7 heteroatoms. The number of amidine groups is 1. The Kier molecular flexibility index (Phi) is 5.54. The SMILES string of the molecule is COc1ccc(OC)c(/C=C2/SC(=Nc3ccccc3Cl)N(C)C2=O)c1. The van der Waals surface area contributed by atoms with Crippen molar-refractivity contribution >= 4 is 46.2 Å². The number of carbonyl (C=O) groups is 1. The third-order valence-corrected chi connectivity index (χ3v) is 5.18. The second-order valence-corrected chi connectivity index (χ2v) is 6.84. The minimum absolute atomic E-state index is 0.134. The van der Waals surface area contributed by atoms with Crippen LogP contribution in [-0.4, -0.2) is 37.2 Å². The number of nitrogens with zero attached hydrogens (tertiary/aromatic N) is 2. The van der Waals surface area contributed by atoms with Crippen molar-refractivity contribution in [2.45, 2.75) is 0 Å². The van der Waals surface area contributed by atoms with E-state index in [4.69, 9.17) is 21.1 Å². The molecule has 3 rings (SSSR count). The van der Waals surface area contributed by atoms with E-state index in [0.29, 0.717) is 32.3 Å². The Morgan fingerprint density at radius 3 is 2.62 bits per heavy atom. The van der Waals surface area contributed by atoms with E-state index in [1.165, 1.54) is 16.7 Å². The summed E-state index contributed by atoms with van der Waals surface area (Å²) in [6.45, 7) is 0. The largest absolute Gasteiger partial charge is 0.497 e. The highest BCUT2D eigenvalue weighted by Gasteiger charge is 2.30. The third-order valence-electron chi connectivity index (χ3n) is 3.80. The van der Waals surface area contributed by atoms with Gasteiger partial charge in [0.2, 0.25) is 0 Å². The summed E-state index contributed by atoms with van der Waals surface area (Å²) in [5, 5.41) is 1.10. The number of likely N-dealkylation sites (N-methyl/N-ethyl adjacent to an activating group) is 1. The average molecular weight is 389 g/mol. The predicted molar refractivity (Wildman–Crippen MR) is 106 cm³/mol. The van der Waals surface area contributed by atoms with Gasteiger partial charge in [0.1, 0.15) is 11.5 Å². The molecule has 1 heterocycles. The lowest BCUT2D eigenvalue weighted by Crippen LogP contribution is -2.23. The minimum atomic E-state index is -0.134. The fraction of sp³-hybridized carbons (Fsp3) is 0.158. The van der Waals surface area contributed by atoms with Gasteiger partial charge in [0, 0.05) is 12.6 Å². The Bertz CT molecular complexity index is 911. The second-order valence-electron chi connectivity index (χ2n) is 5.43. The Morgan fingerprint density at radius 1 is 1.15 bits per heavy atom. The molecule has 0 atom stereocenters. The van der Waals surface area contributed by atoms with Gasteiger partial charge in [0.25, 0.3) is 5.91 Å². The molecule has 0 bridgehead atoms. The van der Waals surface area contributed by atoms with Crippen LogP contribution in [0.2, 0.25) is 5.02 Å². The van der Waals surface area contributed by atoms with Crippen LogP contribution < -0.4 is 9.47 Å². The molecule has 0 spiro atoms. The number of methoxy groups -OCH3 is 2. The van der Waals surface area contributed by atoms with E-state index in [-0.39, 0.29) is 5.91 Å². The third kappa shape index (κ3) is 3.71. The van der Waals surface area contributed by atoms with Crippen molar-refractivity contribution in [3.8, 4) is 11.5 Å². The average Bonchev–Trinajstić information content (AvgIpc) is 2.91. The first kappa shape index (κ1) is 18.4. The van der Waals surface area contributed by atoms with E-state index in [2.05, 4.69) is 4.99 Å². The number of carbonyl (C=O) groups excluding carboxylic acids is 1. The minimum Gasteiger partial charge on any atom is -0.497 e. The molecule has 1 amide bonds. The molecule has 134 valence electrons. The van der Waals surface area contributed by atoms with Gasteiger partial charge < -0.3 is 9.47 Å². The summed E-state index contributed by atoms with van der Waals surface area (Å²) in [5.41, 5.74) is 1.38. The van der Waals surface area contributed by atoms with Crippen LogP contribution in [0.25, 0.3) is 6.08 Å². The van der Waals surface area contributed by atoms with E-state index < -0.39 is 0 Å². The first-order valence-electron chi connectivity index (χ1n) is 7.76. The lowest BCUT2D eigenvalue weighted by atomic mass is 10.1. The summed E-state index contributed by atoms with van der Waals surface area (Å²) in [5.74, 6) is 1.21. The van der Waals surface area contributed by atoms with Crippen molar-refractivity contribution in [3.05, 3.63) is 58.0 Å². The Labute approximate surface area is 161 Å². The van der Waals surface area contributed by atoms with Crippen molar-refractivity contribution < 1.29 is 14.3 Å². The van der Waals surface area contributed by atoms with Gasteiger partial charge in [-0.25, -0.2) is 4.99 Å². The van der Waals surface area contributed by atoms with Crippen LogP contribution in [0.15, 0.2) is 52.4 Å². The molecule has 2 aromatic carbocycles. The van der Waals surface area contributed by atoms with Crippen molar-refractivity contribution in [1.29, 1.82) is 0 Å². The highest BCUT2D eigenvalue weighted by Crippen LogP contribution is 2.36. The first-order valence-corrected chi connectivity index (χ1v) is 8.95. The zero-order valence-electron chi connectivity index (χ0n) is 14.5. The van der Waals surface area contributed by atoms with Crippen LogP contribution in [0, 0.1) is 0 Å². The maximum Gasteiger partial charge on any atom is 0.266 e. The molecule has 0 radical (unpaired) electrons. The van der Waals surface area contributed by atoms with E-state index >= 15 is 0 Å². The number of para-hydroxylation sites is 1. The molecule has 5 nitrogen and oxygen atoms in total. The van der Waals surface area contributed by atoms with Gasteiger partial charge in [-0.2, -0.15) is 0 Å². The summed E-state index contributed by atoms with van der Waals surface area (Å²) in [6.07, 6.45) is 1.78. The smallest absolute Gasteiger partial charge is 0.266 e. The normalized spacial score (nSPS) is 17.2. The van der Waals surface area contributed by atoms with Crippen LogP contribution in [0.1, 0.15) is 5.56 Å². The highest BCUT2D eigenvalue weighted by molar-refractivity contribution is 8.18. The van der Waals surface area contributed by atoms with Crippen molar-refractivity contribution in [3.63, 3.8) is 0 Å². The molecule has 26 heavy (non-hydrogen) atoms. The van der Waals surface area contributed by atoms with Crippen molar-refractivity contribution in [1.82, 2.24) is 4.90 Å². The molecule has 1 fully saturated rings. The predicted octanol–water partition coefficient (Wildman–Crippen LogP) is 4.59.